The lowest BCUT2D eigenvalue weighted by atomic mass is 9.68. The lowest BCUT2D eigenvalue weighted by Crippen LogP contribution is -2.48. The largest absolute Gasteiger partial charge is 0.378 e. The van der Waals surface area contributed by atoms with Gasteiger partial charge in [-0.1, -0.05) is 25.1 Å². The molecule has 5 rings (SSSR count). The maximum Gasteiger partial charge on any atom is 0.219 e. The highest BCUT2D eigenvalue weighted by Crippen LogP contribution is 2.44. The van der Waals surface area contributed by atoms with Crippen LogP contribution in [0.3, 0.4) is 0 Å². The molecule has 194 valence electrons. The molecule has 1 saturated carbocycles. The molecule has 0 bridgehead atoms. The molecule has 3 aliphatic rings. The molecule has 1 atom stereocenters. The van der Waals surface area contributed by atoms with Crippen LogP contribution in [0.25, 0.3) is 0 Å². The van der Waals surface area contributed by atoms with Crippen LogP contribution in [0.4, 0.5) is 11.5 Å². The number of morpholine rings is 1. The Balaban J connectivity index is 1.15. The highest BCUT2D eigenvalue weighted by Gasteiger charge is 2.39. The van der Waals surface area contributed by atoms with Gasteiger partial charge in [0, 0.05) is 50.5 Å². The topological polar surface area (TPSA) is 57.7 Å². The fourth-order valence-corrected chi connectivity index (χ4v) is 6.36. The first kappa shape index (κ1) is 25.1. The SMILES string of the molecule is CCC(c1cccc(N2CCOCC2)c1)C1CC(N(CCCc2ccc3c(n2)NCCC3)C(C)=O)C1. The van der Waals surface area contributed by atoms with Crippen LogP contribution in [-0.2, 0) is 22.4 Å². The van der Waals surface area contributed by atoms with Gasteiger partial charge in [-0.15, -0.1) is 0 Å². The third-order valence-electron chi connectivity index (χ3n) is 8.46. The number of carbonyl (C=O) groups excluding carboxylic acids is 1. The molecular weight excluding hydrogens is 448 g/mol. The van der Waals surface area contributed by atoms with E-state index in [0.29, 0.717) is 17.9 Å². The van der Waals surface area contributed by atoms with Crippen LogP contribution >= 0.6 is 0 Å². The second-order valence-electron chi connectivity index (χ2n) is 10.8. The maximum atomic E-state index is 12.5. The van der Waals surface area contributed by atoms with Gasteiger partial charge in [-0.05, 0) is 86.1 Å². The van der Waals surface area contributed by atoms with E-state index in [9.17, 15) is 4.79 Å². The van der Waals surface area contributed by atoms with Gasteiger partial charge >= 0.3 is 0 Å². The number of fused-ring (bicyclic) bond motifs is 1. The fraction of sp³-hybridized carbons (Fsp3) is 0.600. The Kier molecular flexibility index (Phi) is 8.10. The Morgan fingerprint density at radius 1 is 1.22 bits per heavy atom. The van der Waals surface area contributed by atoms with Crippen molar-refractivity contribution < 1.29 is 9.53 Å². The number of anilines is 2. The Hall–Kier alpha value is -2.60. The molecular formula is C30H42N4O2. The van der Waals surface area contributed by atoms with Gasteiger partial charge in [0.1, 0.15) is 5.82 Å². The van der Waals surface area contributed by atoms with Crippen LogP contribution in [0, 0.1) is 5.92 Å². The normalized spacial score (nSPS) is 22.2. The van der Waals surface area contributed by atoms with Crippen molar-refractivity contribution in [3.63, 3.8) is 0 Å². The van der Waals surface area contributed by atoms with E-state index in [1.165, 1.54) is 23.2 Å². The molecule has 2 aromatic rings. The number of ether oxygens (including phenoxy) is 1. The zero-order chi connectivity index (χ0) is 24.9. The zero-order valence-corrected chi connectivity index (χ0v) is 22.0. The number of benzene rings is 1. The summed E-state index contributed by atoms with van der Waals surface area (Å²) in [4.78, 5) is 21.9. The van der Waals surface area contributed by atoms with E-state index in [4.69, 9.17) is 9.72 Å². The molecule has 1 aliphatic carbocycles. The predicted molar refractivity (Wildman–Crippen MR) is 146 cm³/mol. The van der Waals surface area contributed by atoms with Crippen LogP contribution in [0.1, 0.15) is 68.7 Å². The third kappa shape index (κ3) is 5.69. The van der Waals surface area contributed by atoms with Crippen molar-refractivity contribution in [2.75, 3.05) is 49.6 Å². The summed E-state index contributed by atoms with van der Waals surface area (Å²) in [6.07, 6.45) is 7.55. The number of nitrogens with one attached hydrogen (secondary N) is 1. The molecule has 36 heavy (non-hydrogen) atoms. The smallest absolute Gasteiger partial charge is 0.219 e. The first-order valence-corrected chi connectivity index (χ1v) is 14.0. The third-order valence-corrected chi connectivity index (χ3v) is 8.46. The van der Waals surface area contributed by atoms with Crippen molar-refractivity contribution in [1.29, 1.82) is 0 Å². The van der Waals surface area contributed by atoms with Gasteiger partial charge in [0.25, 0.3) is 0 Å². The molecule has 1 amide bonds. The Morgan fingerprint density at radius 3 is 2.83 bits per heavy atom. The minimum atomic E-state index is 0.209. The molecule has 1 aromatic heterocycles. The van der Waals surface area contributed by atoms with Crippen LogP contribution < -0.4 is 10.2 Å². The number of pyridine rings is 1. The molecule has 0 spiro atoms. The average Bonchev–Trinajstić information content (AvgIpc) is 2.89. The van der Waals surface area contributed by atoms with Gasteiger partial charge in [0.2, 0.25) is 5.91 Å². The summed E-state index contributed by atoms with van der Waals surface area (Å²) < 4.78 is 5.53. The molecule has 1 N–H and O–H groups in total. The Morgan fingerprint density at radius 2 is 2.06 bits per heavy atom. The Labute approximate surface area is 216 Å². The van der Waals surface area contributed by atoms with Gasteiger partial charge in [0.15, 0.2) is 0 Å². The summed E-state index contributed by atoms with van der Waals surface area (Å²) in [5.41, 5.74) is 5.23. The first-order chi connectivity index (χ1) is 17.6. The maximum absolute atomic E-state index is 12.5. The van der Waals surface area contributed by atoms with E-state index in [1.807, 2.05) is 0 Å². The highest BCUT2D eigenvalue weighted by molar-refractivity contribution is 5.73. The van der Waals surface area contributed by atoms with E-state index in [-0.39, 0.29) is 5.91 Å². The highest BCUT2D eigenvalue weighted by atomic mass is 16.5. The van der Waals surface area contributed by atoms with E-state index < -0.39 is 0 Å². The number of rotatable bonds is 9. The number of hydrogen-bond acceptors (Lipinski definition) is 5. The van der Waals surface area contributed by atoms with Crippen molar-refractivity contribution in [3.05, 3.63) is 53.2 Å². The second kappa shape index (κ2) is 11.6. The van der Waals surface area contributed by atoms with Crippen LogP contribution in [0.2, 0.25) is 0 Å². The summed E-state index contributed by atoms with van der Waals surface area (Å²) in [5, 5.41) is 3.43. The first-order valence-electron chi connectivity index (χ1n) is 14.0. The van der Waals surface area contributed by atoms with Gasteiger partial charge in [-0.2, -0.15) is 0 Å². The van der Waals surface area contributed by atoms with Crippen LogP contribution in [0.5, 0.6) is 0 Å². The van der Waals surface area contributed by atoms with E-state index in [2.05, 4.69) is 58.4 Å². The summed E-state index contributed by atoms with van der Waals surface area (Å²) in [6, 6.07) is 13.9. The van der Waals surface area contributed by atoms with Gasteiger partial charge in [0.05, 0.1) is 13.2 Å². The fourth-order valence-electron chi connectivity index (χ4n) is 6.36. The number of nitrogens with zero attached hydrogens (tertiary/aromatic N) is 3. The molecule has 1 aromatic carbocycles. The minimum absolute atomic E-state index is 0.209. The minimum Gasteiger partial charge on any atom is -0.378 e. The number of aromatic nitrogens is 1. The number of hydrogen-bond donors (Lipinski definition) is 1. The lowest BCUT2D eigenvalue weighted by Gasteiger charge is -2.46. The summed E-state index contributed by atoms with van der Waals surface area (Å²) in [7, 11) is 0. The van der Waals surface area contributed by atoms with Gasteiger partial charge in [-0.3, -0.25) is 4.79 Å². The molecule has 2 fully saturated rings. The molecule has 0 radical (unpaired) electrons. The number of amides is 1. The molecule has 2 aliphatic heterocycles. The van der Waals surface area contributed by atoms with Gasteiger partial charge in [-0.25, -0.2) is 4.98 Å². The van der Waals surface area contributed by atoms with E-state index in [0.717, 1.165) is 89.4 Å². The zero-order valence-electron chi connectivity index (χ0n) is 22.0. The van der Waals surface area contributed by atoms with Crippen molar-refractivity contribution in [1.82, 2.24) is 9.88 Å². The second-order valence-corrected chi connectivity index (χ2v) is 10.8. The molecule has 1 unspecified atom stereocenters. The number of aryl methyl sites for hydroxylation is 2. The van der Waals surface area contributed by atoms with E-state index in [1.54, 1.807) is 6.92 Å². The Bertz CT molecular complexity index is 1030. The molecule has 3 heterocycles. The van der Waals surface area contributed by atoms with Crippen molar-refractivity contribution >= 4 is 17.4 Å². The summed E-state index contributed by atoms with van der Waals surface area (Å²) in [6.45, 7) is 9.44. The van der Waals surface area contributed by atoms with E-state index >= 15 is 0 Å². The molecule has 6 heteroatoms. The number of carbonyl (C=O) groups is 1. The quantitative estimate of drug-likeness (QED) is 0.534. The molecule has 1 saturated heterocycles. The summed E-state index contributed by atoms with van der Waals surface area (Å²) in [5.74, 6) is 2.48. The van der Waals surface area contributed by atoms with Crippen LogP contribution in [-0.4, -0.2) is 61.2 Å². The van der Waals surface area contributed by atoms with Crippen molar-refractivity contribution in [2.24, 2.45) is 5.92 Å². The standard InChI is InChI=1S/C30H42N4O2/c1-3-29(24-7-4-10-27(19-24)33-15-17-36-18-16-33)25-20-28(21-25)34(22(2)35)14-6-9-26-12-11-23-8-5-13-31-30(23)32-26/h4,7,10-12,19,25,28-29H,3,5-6,8-9,13-18,20-21H2,1-2H3,(H,31,32). The van der Waals surface area contributed by atoms with Crippen molar-refractivity contribution in [3.8, 4) is 0 Å². The van der Waals surface area contributed by atoms with Gasteiger partial charge < -0.3 is 19.9 Å². The van der Waals surface area contributed by atoms with Crippen LogP contribution in [0.15, 0.2) is 36.4 Å². The summed E-state index contributed by atoms with van der Waals surface area (Å²) >= 11 is 0. The lowest BCUT2D eigenvalue weighted by molar-refractivity contribution is -0.134. The average molecular weight is 491 g/mol. The predicted octanol–water partition coefficient (Wildman–Crippen LogP) is 5.03. The monoisotopic (exact) mass is 490 g/mol. The van der Waals surface area contributed by atoms with Crippen molar-refractivity contribution in [2.45, 2.75) is 70.8 Å². The molecule has 6 nitrogen and oxygen atoms in total.